The van der Waals surface area contributed by atoms with Crippen LogP contribution in [0.5, 0.6) is 0 Å². The number of aliphatic carboxylic acids is 1. The van der Waals surface area contributed by atoms with Crippen LogP contribution in [0.4, 0.5) is 4.39 Å². The van der Waals surface area contributed by atoms with Gasteiger partial charge in [0.2, 0.25) is 0 Å². The molecule has 1 aromatic rings. The van der Waals surface area contributed by atoms with Crippen molar-refractivity contribution >= 4 is 5.97 Å². The van der Waals surface area contributed by atoms with Crippen molar-refractivity contribution in [1.82, 2.24) is 0 Å². The lowest BCUT2D eigenvalue weighted by molar-refractivity contribution is -0.174. The molecule has 0 fully saturated rings. The Balaban J connectivity index is 3.08. The highest BCUT2D eigenvalue weighted by Gasteiger charge is 2.52. The quantitative estimate of drug-likeness (QED) is 0.723. The van der Waals surface area contributed by atoms with E-state index in [1.165, 1.54) is 12.1 Å². The van der Waals surface area contributed by atoms with Gasteiger partial charge in [-0.2, -0.15) is 0 Å². The largest absolute Gasteiger partial charge is 0.479 e. The molecule has 0 amide bonds. The molecule has 3 atom stereocenters. The van der Waals surface area contributed by atoms with Crippen LogP contribution >= 0.6 is 0 Å². The van der Waals surface area contributed by atoms with Crippen molar-refractivity contribution in [3.05, 3.63) is 35.9 Å². The molecule has 0 aliphatic rings. The minimum absolute atomic E-state index is 0.0350. The number of rotatable bonds is 6. The SMILES string of the molecule is CCCC(O)C(F)(C(=O)O)C(O)c1ccccc1. The predicted octanol–water partition coefficient (Wildman–Crippen LogP) is 1.67. The molecule has 0 aromatic heterocycles. The van der Waals surface area contributed by atoms with Gasteiger partial charge in [0.1, 0.15) is 12.2 Å². The first-order valence-corrected chi connectivity index (χ1v) is 5.78. The molecule has 1 aromatic carbocycles. The second-order valence-electron chi connectivity index (χ2n) is 4.19. The topological polar surface area (TPSA) is 77.8 Å². The Kier molecular flexibility index (Phi) is 4.81. The van der Waals surface area contributed by atoms with Crippen LogP contribution in [0.1, 0.15) is 31.4 Å². The molecule has 0 saturated heterocycles. The molecule has 0 spiro atoms. The smallest absolute Gasteiger partial charge is 0.347 e. The van der Waals surface area contributed by atoms with E-state index >= 15 is 0 Å². The number of alkyl halides is 1. The molecule has 0 saturated carbocycles. The number of carboxylic acid groups (broad SMARTS) is 1. The van der Waals surface area contributed by atoms with Crippen LogP contribution in [0.3, 0.4) is 0 Å². The number of hydrogen-bond acceptors (Lipinski definition) is 3. The van der Waals surface area contributed by atoms with Crippen LogP contribution in [0.2, 0.25) is 0 Å². The van der Waals surface area contributed by atoms with Gasteiger partial charge in [-0.15, -0.1) is 0 Å². The van der Waals surface area contributed by atoms with Crippen LogP contribution in [-0.2, 0) is 4.79 Å². The van der Waals surface area contributed by atoms with Gasteiger partial charge in [-0.1, -0.05) is 43.7 Å². The highest BCUT2D eigenvalue weighted by molar-refractivity contribution is 5.79. The molecule has 3 N–H and O–H groups in total. The summed E-state index contributed by atoms with van der Waals surface area (Å²) in [6.07, 6.45) is -3.28. The molecule has 0 heterocycles. The first kappa shape index (κ1) is 14.6. The highest BCUT2D eigenvalue weighted by atomic mass is 19.1. The lowest BCUT2D eigenvalue weighted by atomic mass is 9.86. The van der Waals surface area contributed by atoms with Gasteiger partial charge in [-0.25, -0.2) is 9.18 Å². The monoisotopic (exact) mass is 256 g/mol. The van der Waals surface area contributed by atoms with Crippen LogP contribution in [0.25, 0.3) is 0 Å². The van der Waals surface area contributed by atoms with E-state index in [-0.39, 0.29) is 12.0 Å². The van der Waals surface area contributed by atoms with E-state index in [1.807, 2.05) is 0 Å². The molecule has 0 bridgehead atoms. The molecule has 0 aliphatic heterocycles. The first-order valence-electron chi connectivity index (χ1n) is 5.78. The third-order valence-electron chi connectivity index (χ3n) is 2.89. The van der Waals surface area contributed by atoms with Crippen molar-refractivity contribution in [3.8, 4) is 0 Å². The second-order valence-corrected chi connectivity index (χ2v) is 4.19. The molecule has 18 heavy (non-hydrogen) atoms. The van der Waals surface area contributed by atoms with Gasteiger partial charge < -0.3 is 15.3 Å². The normalized spacial score (nSPS) is 17.8. The summed E-state index contributed by atoms with van der Waals surface area (Å²) in [4.78, 5) is 11.1. The van der Waals surface area contributed by atoms with Gasteiger partial charge in [0.05, 0.1) is 0 Å². The highest BCUT2D eigenvalue weighted by Crippen LogP contribution is 2.34. The van der Waals surface area contributed by atoms with Gasteiger partial charge in [0.15, 0.2) is 0 Å². The summed E-state index contributed by atoms with van der Waals surface area (Å²) < 4.78 is 14.5. The molecule has 0 radical (unpaired) electrons. The van der Waals surface area contributed by atoms with Crippen LogP contribution in [0.15, 0.2) is 30.3 Å². The lowest BCUT2D eigenvalue weighted by Gasteiger charge is -2.30. The van der Waals surface area contributed by atoms with Crippen molar-refractivity contribution in [2.75, 3.05) is 0 Å². The number of aliphatic hydroxyl groups excluding tert-OH is 2. The number of carbonyl (C=O) groups is 1. The maximum Gasteiger partial charge on any atom is 0.347 e. The third-order valence-corrected chi connectivity index (χ3v) is 2.89. The summed E-state index contributed by atoms with van der Waals surface area (Å²) in [5.74, 6) is -1.86. The van der Waals surface area contributed by atoms with E-state index in [2.05, 4.69) is 0 Å². The van der Waals surface area contributed by atoms with Gasteiger partial charge >= 0.3 is 5.97 Å². The average Bonchev–Trinajstić information content (AvgIpc) is 2.37. The van der Waals surface area contributed by atoms with Crippen LogP contribution in [0, 0.1) is 0 Å². The Labute approximate surface area is 105 Å². The number of aliphatic hydroxyl groups is 2. The second kappa shape index (κ2) is 5.93. The minimum atomic E-state index is -3.10. The zero-order chi connectivity index (χ0) is 13.8. The fourth-order valence-corrected chi connectivity index (χ4v) is 1.80. The fourth-order valence-electron chi connectivity index (χ4n) is 1.80. The molecular weight excluding hydrogens is 239 g/mol. The summed E-state index contributed by atoms with van der Waals surface area (Å²) in [5, 5.41) is 28.5. The first-order chi connectivity index (χ1) is 8.44. The van der Waals surface area contributed by atoms with Crippen molar-refractivity contribution in [2.45, 2.75) is 37.6 Å². The molecule has 0 aliphatic carbocycles. The lowest BCUT2D eigenvalue weighted by Crippen LogP contribution is -2.50. The van der Waals surface area contributed by atoms with E-state index in [1.54, 1.807) is 25.1 Å². The molecular formula is C13H17FO4. The number of benzene rings is 1. The van der Waals surface area contributed by atoms with E-state index in [4.69, 9.17) is 5.11 Å². The maximum absolute atomic E-state index is 14.5. The molecule has 1 rings (SSSR count). The Hall–Kier alpha value is -1.46. The van der Waals surface area contributed by atoms with E-state index in [0.29, 0.717) is 6.42 Å². The average molecular weight is 256 g/mol. The Morgan fingerprint density at radius 2 is 1.89 bits per heavy atom. The van der Waals surface area contributed by atoms with Gasteiger partial charge in [-0.05, 0) is 12.0 Å². The molecule has 5 heteroatoms. The summed E-state index contributed by atoms with van der Waals surface area (Å²) >= 11 is 0. The molecule has 3 unspecified atom stereocenters. The van der Waals surface area contributed by atoms with Gasteiger partial charge in [0.25, 0.3) is 5.67 Å². The Morgan fingerprint density at radius 1 is 1.33 bits per heavy atom. The zero-order valence-corrected chi connectivity index (χ0v) is 10.1. The minimum Gasteiger partial charge on any atom is -0.479 e. The molecule has 100 valence electrons. The van der Waals surface area contributed by atoms with Crippen molar-refractivity contribution < 1.29 is 24.5 Å². The summed E-state index contributed by atoms with van der Waals surface area (Å²) in [6, 6.07) is 7.63. The fraction of sp³-hybridized carbons (Fsp3) is 0.462. The maximum atomic E-state index is 14.5. The summed E-state index contributed by atoms with van der Waals surface area (Å²) in [7, 11) is 0. The summed E-state index contributed by atoms with van der Waals surface area (Å²) in [5.41, 5.74) is -2.98. The van der Waals surface area contributed by atoms with Gasteiger partial charge in [-0.3, -0.25) is 0 Å². The number of carboxylic acids is 1. The Morgan fingerprint density at radius 3 is 2.33 bits per heavy atom. The Bertz CT molecular complexity index is 395. The van der Waals surface area contributed by atoms with Crippen LogP contribution in [-0.4, -0.2) is 33.1 Å². The molecule has 4 nitrogen and oxygen atoms in total. The summed E-state index contributed by atoms with van der Waals surface area (Å²) in [6.45, 7) is 1.69. The van der Waals surface area contributed by atoms with Gasteiger partial charge in [0, 0.05) is 0 Å². The van der Waals surface area contributed by atoms with E-state index < -0.39 is 23.8 Å². The van der Waals surface area contributed by atoms with E-state index in [9.17, 15) is 19.4 Å². The van der Waals surface area contributed by atoms with E-state index in [0.717, 1.165) is 0 Å². The zero-order valence-electron chi connectivity index (χ0n) is 10.1. The van der Waals surface area contributed by atoms with Crippen LogP contribution < -0.4 is 0 Å². The van der Waals surface area contributed by atoms with Crippen molar-refractivity contribution in [2.24, 2.45) is 0 Å². The number of hydrogen-bond donors (Lipinski definition) is 3. The number of halogens is 1. The third kappa shape index (κ3) is 2.68. The predicted molar refractivity (Wildman–Crippen MR) is 63.8 cm³/mol. The standard InChI is InChI=1S/C13H17FO4/c1-2-6-10(15)13(14,12(17)18)11(16)9-7-4-3-5-8-9/h3-5,7-8,10-11,15-16H,2,6H2,1H3,(H,17,18). The van der Waals surface area contributed by atoms with Crippen molar-refractivity contribution in [3.63, 3.8) is 0 Å². The van der Waals surface area contributed by atoms with Crippen molar-refractivity contribution in [1.29, 1.82) is 0 Å².